The molecule has 0 aromatic carbocycles. The number of carbonyl (C=O) groups excluding carboxylic acids is 2. The van der Waals surface area contributed by atoms with Crippen LogP contribution in [0.15, 0.2) is 24.3 Å². The van der Waals surface area contributed by atoms with Crippen LogP contribution in [0, 0.1) is 0 Å². The normalized spacial score (nSPS) is 10.5. The van der Waals surface area contributed by atoms with Gasteiger partial charge in [0.1, 0.15) is 0 Å². The van der Waals surface area contributed by atoms with Crippen LogP contribution in [0.5, 0.6) is 0 Å². The fourth-order valence-electron chi connectivity index (χ4n) is 0.927. The summed E-state index contributed by atoms with van der Waals surface area (Å²) in [5.41, 5.74) is -0.0591. The summed E-state index contributed by atoms with van der Waals surface area (Å²) in [6, 6.07) is 0. The molecule has 0 rings (SSSR count). The first-order valence-corrected chi connectivity index (χ1v) is 4.91. The average molecular weight is 242 g/mol. The minimum Gasteiger partial charge on any atom is -0.478 e. The van der Waals surface area contributed by atoms with Gasteiger partial charge in [0.05, 0.1) is 13.2 Å². The molecule has 0 aliphatic carbocycles. The summed E-state index contributed by atoms with van der Waals surface area (Å²) in [5, 5.41) is 8.55. The lowest BCUT2D eigenvalue weighted by molar-refractivity contribution is -0.141. The van der Waals surface area contributed by atoms with Crippen LogP contribution in [-0.4, -0.2) is 36.2 Å². The number of hydrogen-bond acceptors (Lipinski definition) is 5. The van der Waals surface area contributed by atoms with Gasteiger partial charge in [0, 0.05) is 24.1 Å². The Labute approximate surface area is 98.5 Å². The second-order valence-corrected chi connectivity index (χ2v) is 2.85. The van der Waals surface area contributed by atoms with Crippen molar-refractivity contribution >= 4 is 17.9 Å². The van der Waals surface area contributed by atoms with E-state index in [-0.39, 0.29) is 25.2 Å². The van der Waals surface area contributed by atoms with Gasteiger partial charge < -0.3 is 14.6 Å². The third-order valence-electron chi connectivity index (χ3n) is 1.62. The van der Waals surface area contributed by atoms with Gasteiger partial charge in [0.2, 0.25) is 0 Å². The van der Waals surface area contributed by atoms with Crippen LogP contribution >= 0.6 is 0 Å². The molecule has 0 spiro atoms. The van der Waals surface area contributed by atoms with Gasteiger partial charge in [-0.3, -0.25) is 0 Å². The Morgan fingerprint density at radius 1 is 1.29 bits per heavy atom. The van der Waals surface area contributed by atoms with Gasteiger partial charge in [-0.25, -0.2) is 14.4 Å². The zero-order chi connectivity index (χ0) is 13.3. The van der Waals surface area contributed by atoms with Gasteiger partial charge in [0.15, 0.2) is 0 Å². The largest absolute Gasteiger partial charge is 0.478 e. The number of aliphatic carboxylic acids is 1. The van der Waals surface area contributed by atoms with Crippen LogP contribution in [0.4, 0.5) is 0 Å². The van der Waals surface area contributed by atoms with Crippen molar-refractivity contribution in [3.8, 4) is 0 Å². The van der Waals surface area contributed by atoms with Crippen molar-refractivity contribution in [1.29, 1.82) is 0 Å². The van der Waals surface area contributed by atoms with E-state index in [1.54, 1.807) is 6.92 Å². The minimum absolute atomic E-state index is 0.0231. The molecular formula is C11H14O6. The van der Waals surface area contributed by atoms with Gasteiger partial charge in [-0.15, -0.1) is 0 Å². The lowest BCUT2D eigenvalue weighted by atomic mass is 10.2. The molecule has 0 saturated carbocycles. The first-order valence-electron chi connectivity index (χ1n) is 4.91. The van der Waals surface area contributed by atoms with Crippen molar-refractivity contribution < 1.29 is 29.0 Å². The van der Waals surface area contributed by atoms with E-state index < -0.39 is 17.9 Å². The van der Waals surface area contributed by atoms with Crippen molar-refractivity contribution in [1.82, 2.24) is 0 Å². The molecule has 0 unspecified atom stereocenters. The predicted octanol–water partition coefficient (Wildman–Crippen LogP) is 0.680. The van der Waals surface area contributed by atoms with E-state index in [0.29, 0.717) is 0 Å². The lowest BCUT2D eigenvalue weighted by Crippen LogP contribution is -2.12. The number of esters is 2. The molecule has 0 amide bonds. The summed E-state index contributed by atoms with van der Waals surface area (Å²) < 4.78 is 9.29. The molecule has 1 N–H and O–H groups in total. The van der Waals surface area contributed by atoms with Crippen LogP contribution in [-0.2, 0) is 23.9 Å². The van der Waals surface area contributed by atoms with Crippen LogP contribution < -0.4 is 0 Å². The zero-order valence-electron chi connectivity index (χ0n) is 9.47. The summed E-state index contributed by atoms with van der Waals surface area (Å²) in [6.45, 7) is 4.83. The van der Waals surface area contributed by atoms with E-state index in [2.05, 4.69) is 16.1 Å². The summed E-state index contributed by atoms with van der Waals surface area (Å²) in [7, 11) is 0. The molecular weight excluding hydrogens is 228 g/mol. The van der Waals surface area contributed by atoms with Gasteiger partial charge in [-0.2, -0.15) is 0 Å². The Balaban J connectivity index is 4.40. The second-order valence-electron chi connectivity index (χ2n) is 2.85. The van der Waals surface area contributed by atoms with E-state index in [9.17, 15) is 14.4 Å². The summed E-state index contributed by atoms with van der Waals surface area (Å²) in [5.74, 6) is -2.63. The van der Waals surface area contributed by atoms with Crippen molar-refractivity contribution in [3.63, 3.8) is 0 Å². The second kappa shape index (κ2) is 8.09. The van der Waals surface area contributed by atoms with Crippen molar-refractivity contribution in [2.75, 3.05) is 13.2 Å². The molecule has 0 radical (unpaired) electrons. The number of carboxylic acids is 1. The van der Waals surface area contributed by atoms with Crippen molar-refractivity contribution in [3.05, 3.63) is 24.3 Å². The summed E-state index contributed by atoms with van der Waals surface area (Å²) in [4.78, 5) is 32.5. The molecule has 0 saturated heterocycles. The molecule has 6 nitrogen and oxygen atoms in total. The number of ether oxygens (including phenoxy) is 2. The maximum Gasteiger partial charge on any atom is 0.334 e. The molecule has 0 atom stereocenters. The van der Waals surface area contributed by atoms with E-state index in [4.69, 9.17) is 5.11 Å². The van der Waals surface area contributed by atoms with Gasteiger partial charge >= 0.3 is 17.9 Å². The SMILES string of the molecule is C=CC(=O)OCCC(=CC(=O)O)C(=O)OCC. The van der Waals surface area contributed by atoms with Crippen LogP contribution in [0.1, 0.15) is 13.3 Å². The summed E-state index contributed by atoms with van der Waals surface area (Å²) in [6.07, 6.45) is 1.69. The topological polar surface area (TPSA) is 89.9 Å². The van der Waals surface area contributed by atoms with Crippen LogP contribution in [0.2, 0.25) is 0 Å². The van der Waals surface area contributed by atoms with Crippen LogP contribution in [0.25, 0.3) is 0 Å². The molecule has 94 valence electrons. The molecule has 0 aromatic rings. The third kappa shape index (κ3) is 6.88. The van der Waals surface area contributed by atoms with Crippen LogP contribution in [0.3, 0.4) is 0 Å². The van der Waals surface area contributed by atoms with Crippen molar-refractivity contribution in [2.45, 2.75) is 13.3 Å². The molecule has 6 heteroatoms. The molecule has 0 aromatic heterocycles. The molecule has 0 bridgehead atoms. The van der Waals surface area contributed by atoms with E-state index >= 15 is 0 Å². The molecule has 0 heterocycles. The Kier molecular flexibility index (Phi) is 7.09. The first kappa shape index (κ1) is 14.9. The number of rotatable bonds is 7. The highest BCUT2D eigenvalue weighted by Crippen LogP contribution is 2.05. The van der Waals surface area contributed by atoms with Crippen molar-refractivity contribution in [2.24, 2.45) is 0 Å². The molecule has 0 aliphatic rings. The number of carbonyl (C=O) groups is 3. The van der Waals surface area contributed by atoms with E-state index in [1.165, 1.54) is 0 Å². The predicted molar refractivity (Wildman–Crippen MR) is 58.1 cm³/mol. The molecule has 0 fully saturated rings. The maximum atomic E-state index is 11.3. The quantitative estimate of drug-likeness (QED) is 0.521. The number of hydrogen-bond donors (Lipinski definition) is 1. The lowest BCUT2D eigenvalue weighted by Gasteiger charge is -2.06. The Morgan fingerprint density at radius 2 is 1.94 bits per heavy atom. The smallest absolute Gasteiger partial charge is 0.334 e. The fraction of sp³-hybridized carbons (Fsp3) is 0.364. The van der Waals surface area contributed by atoms with E-state index in [0.717, 1.165) is 12.2 Å². The zero-order valence-corrected chi connectivity index (χ0v) is 9.47. The van der Waals surface area contributed by atoms with E-state index in [1.807, 2.05) is 0 Å². The highest BCUT2D eigenvalue weighted by atomic mass is 16.5. The monoisotopic (exact) mass is 242 g/mol. The Morgan fingerprint density at radius 3 is 2.41 bits per heavy atom. The molecule has 17 heavy (non-hydrogen) atoms. The Bertz CT molecular complexity index is 342. The highest BCUT2D eigenvalue weighted by molar-refractivity contribution is 5.95. The average Bonchev–Trinajstić information content (AvgIpc) is 2.27. The van der Waals surface area contributed by atoms with Gasteiger partial charge in [0.25, 0.3) is 0 Å². The van der Waals surface area contributed by atoms with Gasteiger partial charge in [-0.1, -0.05) is 6.58 Å². The Hall–Kier alpha value is -2.11. The number of carboxylic acid groups (broad SMARTS) is 1. The van der Waals surface area contributed by atoms with Gasteiger partial charge in [-0.05, 0) is 6.92 Å². The minimum atomic E-state index is -1.26. The summed E-state index contributed by atoms with van der Waals surface area (Å²) >= 11 is 0. The molecule has 0 aliphatic heterocycles. The highest BCUT2D eigenvalue weighted by Gasteiger charge is 2.12. The third-order valence-corrected chi connectivity index (χ3v) is 1.62. The standard InChI is InChI=1S/C11H14O6/c1-3-10(14)17-6-5-8(7-9(12)13)11(15)16-4-2/h3,7H,1,4-6H2,2H3,(H,12,13). The fourth-order valence-corrected chi connectivity index (χ4v) is 0.927. The maximum absolute atomic E-state index is 11.3. The first-order chi connectivity index (χ1) is 8.01.